The smallest absolute Gasteiger partial charge is 0.185 e. The number of allylic oxidation sites excluding steroid dienone is 2. The number of carbonyl (C=O) groups excluding carboxylic acids is 1. The summed E-state index contributed by atoms with van der Waals surface area (Å²) in [5.41, 5.74) is 27.3. The molecule has 1 saturated carbocycles. The Bertz CT molecular complexity index is 5190. The minimum atomic E-state index is 0.0491. The molecule has 0 bridgehead atoms. The molecule has 1 aliphatic rings. The van der Waals surface area contributed by atoms with E-state index in [9.17, 15) is 4.79 Å². The number of benzene rings is 16. The lowest BCUT2D eigenvalue weighted by Gasteiger charge is -2.16. The van der Waals surface area contributed by atoms with Crippen LogP contribution in [0.15, 0.2) is 412 Å². The van der Waals surface area contributed by atoms with Crippen molar-refractivity contribution in [3.05, 3.63) is 456 Å². The fourth-order valence-electron chi connectivity index (χ4n) is 14.9. The van der Waals surface area contributed by atoms with E-state index >= 15 is 0 Å². The highest BCUT2D eigenvalue weighted by Gasteiger charge is 2.24. The Balaban J connectivity index is 0.573. The third-order valence-electron chi connectivity index (χ3n) is 20.8. The van der Waals surface area contributed by atoms with E-state index in [0.29, 0.717) is 73.8 Å². The molecule has 7 nitrogen and oxygen atoms in total. The van der Waals surface area contributed by atoms with E-state index in [1.54, 1.807) is 0 Å². The van der Waals surface area contributed by atoms with Gasteiger partial charge in [0.2, 0.25) is 0 Å². The molecule has 17 rings (SSSR count). The third-order valence-corrected chi connectivity index (χ3v) is 20.8. The van der Waals surface area contributed by atoms with Gasteiger partial charge in [-0.05, 0) is 280 Å². The molecule has 0 heterocycles. The van der Waals surface area contributed by atoms with Crippen LogP contribution in [0.3, 0.4) is 0 Å². The van der Waals surface area contributed by atoms with Crippen LogP contribution in [-0.2, 0) is 44.4 Å². The maximum Gasteiger partial charge on any atom is 0.185 e. The lowest BCUT2D eigenvalue weighted by Crippen LogP contribution is -2.02. The summed E-state index contributed by atoms with van der Waals surface area (Å²) < 4.78 is 40.1. The zero-order valence-electron chi connectivity index (χ0n) is 64.3. The first-order chi connectivity index (χ1) is 57.3. The van der Waals surface area contributed by atoms with Crippen LogP contribution in [0, 0.1) is 0 Å². The number of hydrogen-bond acceptors (Lipinski definition) is 7. The molecule has 562 valence electrons. The molecule has 1 fully saturated rings. The predicted molar refractivity (Wildman–Crippen MR) is 471 cm³/mol. The molecule has 16 aromatic carbocycles. The fourth-order valence-corrected chi connectivity index (χ4v) is 14.9. The van der Waals surface area contributed by atoms with E-state index < -0.39 is 0 Å². The molecule has 116 heavy (non-hydrogen) atoms. The van der Waals surface area contributed by atoms with Crippen molar-refractivity contribution >= 4 is 17.9 Å². The zero-order chi connectivity index (χ0) is 78.0. The molecule has 0 aromatic heterocycles. The Kier molecular flexibility index (Phi) is 23.0. The summed E-state index contributed by atoms with van der Waals surface area (Å²) in [6.07, 6.45) is 5.28. The van der Waals surface area contributed by atoms with Crippen molar-refractivity contribution in [2.24, 2.45) is 0 Å². The minimum Gasteiger partial charge on any atom is -0.489 e. The van der Waals surface area contributed by atoms with Crippen molar-refractivity contribution in [3.8, 4) is 124 Å². The van der Waals surface area contributed by atoms with E-state index in [1.807, 2.05) is 146 Å². The highest BCUT2D eigenvalue weighted by molar-refractivity contribution is 6.15. The number of ketones is 1. The second-order valence-electron chi connectivity index (χ2n) is 29.3. The average Bonchev–Trinajstić information content (AvgIpc) is 1.06. The fraction of sp³-hybridized carbons (Fsp3) is 0.0734. The molecule has 0 amide bonds. The Hall–Kier alpha value is -14.5. The summed E-state index contributed by atoms with van der Waals surface area (Å²) in [5.74, 6) is 4.06. The van der Waals surface area contributed by atoms with Crippen molar-refractivity contribution in [1.29, 1.82) is 0 Å². The minimum absolute atomic E-state index is 0.0491. The molecular weight excluding hydrogens is 1420 g/mol. The number of Topliss-reactive ketones (excluding diaryl/α,β-unsaturated/α-hetero) is 1. The topological polar surface area (TPSA) is 72.5 Å². The molecule has 1 aliphatic carbocycles. The van der Waals surface area contributed by atoms with Gasteiger partial charge in [0.15, 0.2) is 5.78 Å². The summed E-state index contributed by atoms with van der Waals surface area (Å²) in [4.78, 5) is 14.1. The van der Waals surface area contributed by atoms with Gasteiger partial charge in [-0.3, -0.25) is 4.79 Å². The van der Waals surface area contributed by atoms with Gasteiger partial charge in [0.1, 0.15) is 74.1 Å². The molecule has 0 spiro atoms. The lowest BCUT2D eigenvalue weighted by molar-refractivity contribution is -0.111. The van der Waals surface area contributed by atoms with Gasteiger partial charge in [-0.25, -0.2) is 0 Å². The largest absolute Gasteiger partial charge is 0.489 e. The highest BCUT2D eigenvalue weighted by Crippen LogP contribution is 2.38. The molecule has 0 radical (unpaired) electrons. The van der Waals surface area contributed by atoms with E-state index in [0.717, 1.165) is 145 Å². The van der Waals surface area contributed by atoms with E-state index in [1.165, 1.54) is 0 Å². The van der Waals surface area contributed by atoms with Gasteiger partial charge in [0.05, 0.1) is 0 Å². The van der Waals surface area contributed by atoms with Gasteiger partial charge in [-0.2, -0.15) is 0 Å². The van der Waals surface area contributed by atoms with Gasteiger partial charge in [0, 0.05) is 23.3 Å². The van der Waals surface area contributed by atoms with Gasteiger partial charge in [-0.1, -0.05) is 267 Å². The molecular formula is C109H84O7. The first-order valence-corrected chi connectivity index (χ1v) is 39.5. The summed E-state index contributed by atoms with van der Waals surface area (Å²) in [6.45, 7) is 1.81. The first-order valence-electron chi connectivity index (χ1n) is 39.5. The maximum atomic E-state index is 14.1. The van der Waals surface area contributed by atoms with Crippen molar-refractivity contribution in [3.63, 3.8) is 0 Å². The lowest BCUT2D eigenvalue weighted by atomic mass is 9.96. The standard InChI is InChI=1S/C109H84O7/c110-109-93(51-77-41-47-103(48-42-77)111-75-83-61-105(113-71-79-53-95(85-25-9-1-10-26-85)65-96(54-79)86-27-11-2-12-28-86)69-106(62-83)114-72-80-55-97(87-29-13-3-14-30-87)66-98(56-80)88-31-15-4-16-32-88)45-46-94(109)52-78-43-49-104(50-44-78)112-76-84-63-107(115-73-81-57-99(89-33-17-5-18-34-89)67-100(58-81)90-35-19-6-20-36-90)70-108(64-84)116-74-82-59-101(91-37-21-7-22-38-91)68-102(60-82)92-39-23-8-24-40-92/h1-44,47-70H,45-46,71-76H2/b93-51-,94-52+. The van der Waals surface area contributed by atoms with Gasteiger partial charge < -0.3 is 28.4 Å². The van der Waals surface area contributed by atoms with Crippen molar-refractivity contribution in [2.45, 2.75) is 52.5 Å². The molecule has 7 heteroatoms. The van der Waals surface area contributed by atoms with Gasteiger partial charge in [-0.15, -0.1) is 0 Å². The van der Waals surface area contributed by atoms with E-state index in [4.69, 9.17) is 28.4 Å². The number of carbonyl (C=O) groups is 1. The average molecular weight is 1510 g/mol. The Morgan fingerprint density at radius 1 is 0.181 bits per heavy atom. The zero-order valence-corrected chi connectivity index (χ0v) is 64.3. The first kappa shape index (κ1) is 74.2. The number of rotatable bonds is 28. The molecule has 0 aliphatic heterocycles. The summed E-state index contributed by atoms with van der Waals surface area (Å²) >= 11 is 0. The maximum absolute atomic E-state index is 14.1. The van der Waals surface area contributed by atoms with Crippen LogP contribution < -0.4 is 28.4 Å². The Morgan fingerprint density at radius 3 is 0.560 bits per heavy atom. The Morgan fingerprint density at radius 2 is 0.362 bits per heavy atom. The normalized spacial score (nSPS) is 12.5. The third kappa shape index (κ3) is 19.1. The second-order valence-corrected chi connectivity index (χ2v) is 29.3. The quantitative estimate of drug-likeness (QED) is 0.0453. The SMILES string of the molecule is O=C1/C(=C\c2ccc(OCc3cc(OCc4cc(-c5ccccc5)cc(-c5ccccc5)c4)cc(OCc4cc(-c5ccccc5)cc(-c5ccccc5)c4)c3)cc2)CC/C1=C\c1ccc(OCc2cc(OCc3cc(-c4ccccc4)cc(-c4ccccc4)c3)cc(OCc3cc(-c4ccccc4)cc(-c4ccccc4)c3)c2)cc1. The van der Waals surface area contributed by atoms with E-state index in [-0.39, 0.29) is 19.0 Å². The molecule has 0 atom stereocenters. The molecule has 0 unspecified atom stereocenters. The molecule has 0 N–H and O–H groups in total. The van der Waals surface area contributed by atoms with Crippen molar-refractivity contribution in [1.82, 2.24) is 0 Å². The highest BCUT2D eigenvalue weighted by atomic mass is 16.5. The van der Waals surface area contributed by atoms with Crippen LogP contribution in [0.4, 0.5) is 0 Å². The van der Waals surface area contributed by atoms with Crippen LogP contribution in [0.2, 0.25) is 0 Å². The van der Waals surface area contributed by atoms with Crippen molar-refractivity contribution in [2.75, 3.05) is 0 Å². The van der Waals surface area contributed by atoms with Crippen LogP contribution >= 0.6 is 0 Å². The monoisotopic (exact) mass is 1500 g/mol. The Labute approximate surface area is 678 Å². The van der Waals surface area contributed by atoms with Crippen molar-refractivity contribution < 1.29 is 33.2 Å². The number of hydrogen-bond donors (Lipinski definition) is 0. The van der Waals surface area contributed by atoms with E-state index in [2.05, 4.69) is 267 Å². The summed E-state index contributed by atoms with van der Waals surface area (Å²) in [7, 11) is 0. The van der Waals surface area contributed by atoms with Crippen LogP contribution in [0.25, 0.3) is 101 Å². The second kappa shape index (κ2) is 35.9. The molecule has 16 aromatic rings. The van der Waals surface area contributed by atoms with Crippen LogP contribution in [0.5, 0.6) is 34.5 Å². The van der Waals surface area contributed by atoms with Gasteiger partial charge >= 0.3 is 0 Å². The summed E-state index contributed by atoms with van der Waals surface area (Å²) in [6, 6.07) is 138. The van der Waals surface area contributed by atoms with Crippen LogP contribution in [-0.4, -0.2) is 5.78 Å². The predicted octanol–water partition coefficient (Wildman–Crippen LogP) is 27.3. The molecule has 0 saturated heterocycles. The van der Waals surface area contributed by atoms with Gasteiger partial charge in [0.25, 0.3) is 0 Å². The van der Waals surface area contributed by atoms with Crippen LogP contribution in [0.1, 0.15) is 57.3 Å². The summed E-state index contributed by atoms with van der Waals surface area (Å²) in [5, 5.41) is 0. The number of ether oxygens (including phenoxy) is 6.